The summed E-state index contributed by atoms with van der Waals surface area (Å²) >= 11 is 0. The summed E-state index contributed by atoms with van der Waals surface area (Å²) in [6.07, 6.45) is 1.79. The van der Waals surface area contributed by atoms with E-state index in [0.717, 1.165) is 12.8 Å². The van der Waals surface area contributed by atoms with Gasteiger partial charge < -0.3 is 9.47 Å². The van der Waals surface area contributed by atoms with Gasteiger partial charge in [-0.3, -0.25) is 9.59 Å². The molecule has 0 aromatic carbocycles. The predicted octanol–water partition coefficient (Wildman–Crippen LogP) is 2.02. The Morgan fingerprint density at radius 3 is 1.69 bits per heavy atom. The molecule has 0 bridgehead atoms. The zero-order chi connectivity index (χ0) is 12.7. The highest BCUT2D eigenvalue weighted by Gasteiger charge is 2.33. The summed E-state index contributed by atoms with van der Waals surface area (Å²) in [4.78, 5) is 23.0. The summed E-state index contributed by atoms with van der Waals surface area (Å²) in [5.41, 5.74) is 0. The van der Waals surface area contributed by atoms with Crippen LogP contribution in [0.3, 0.4) is 0 Å². The van der Waals surface area contributed by atoms with Crippen LogP contribution in [0.4, 0.5) is 0 Å². The van der Waals surface area contributed by atoms with Gasteiger partial charge in [0.05, 0.1) is 14.2 Å². The summed E-state index contributed by atoms with van der Waals surface area (Å²) in [7, 11) is 2.57. The second-order valence-electron chi connectivity index (χ2n) is 4.47. The van der Waals surface area contributed by atoms with Crippen molar-refractivity contribution in [2.24, 2.45) is 17.8 Å². The van der Waals surface area contributed by atoms with Crippen LogP contribution in [-0.4, -0.2) is 26.2 Å². The normalized spacial score (nSPS) is 12.7. The van der Waals surface area contributed by atoms with Gasteiger partial charge in [0.25, 0.3) is 0 Å². The number of carbonyl (C=O) groups is 2. The molecule has 0 radical (unpaired) electrons. The molecule has 0 aromatic heterocycles. The summed E-state index contributed by atoms with van der Waals surface area (Å²) in [6.45, 7) is 6.09. The van der Waals surface area contributed by atoms with E-state index in [2.05, 4.69) is 23.3 Å². The lowest BCUT2D eigenvalue weighted by Crippen LogP contribution is -2.32. The van der Waals surface area contributed by atoms with Crippen LogP contribution in [0.25, 0.3) is 0 Å². The number of hydrogen-bond donors (Lipinski definition) is 0. The van der Waals surface area contributed by atoms with Crippen LogP contribution < -0.4 is 0 Å². The van der Waals surface area contributed by atoms with Gasteiger partial charge in [-0.15, -0.1) is 0 Å². The van der Waals surface area contributed by atoms with Crippen LogP contribution in [0.15, 0.2) is 0 Å². The molecule has 0 fully saturated rings. The van der Waals surface area contributed by atoms with E-state index < -0.39 is 17.9 Å². The fraction of sp³-hybridized carbons (Fsp3) is 0.833. The van der Waals surface area contributed by atoms with Crippen LogP contribution in [0.1, 0.15) is 33.6 Å². The molecular weight excluding hydrogens is 208 g/mol. The van der Waals surface area contributed by atoms with Crippen LogP contribution in [0.5, 0.6) is 0 Å². The summed E-state index contributed by atoms with van der Waals surface area (Å²) in [6, 6.07) is 0. The second-order valence-corrected chi connectivity index (χ2v) is 4.47. The first-order chi connectivity index (χ1) is 7.43. The Morgan fingerprint density at radius 1 is 0.938 bits per heavy atom. The van der Waals surface area contributed by atoms with Gasteiger partial charge in [-0.05, 0) is 18.3 Å². The number of ether oxygens (including phenoxy) is 2. The molecule has 0 aromatic rings. The molecule has 0 aliphatic carbocycles. The number of esters is 2. The molecule has 0 aliphatic heterocycles. The Morgan fingerprint density at radius 2 is 1.38 bits per heavy atom. The van der Waals surface area contributed by atoms with E-state index in [-0.39, 0.29) is 5.92 Å². The molecule has 4 nitrogen and oxygen atoms in total. The van der Waals surface area contributed by atoms with Gasteiger partial charge >= 0.3 is 11.9 Å². The molecule has 0 heterocycles. The van der Waals surface area contributed by atoms with E-state index in [1.54, 1.807) is 0 Å². The Hall–Kier alpha value is -1.06. The maximum atomic E-state index is 11.5. The van der Waals surface area contributed by atoms with Crippen LogP contribution in [0.2, 0.25) is 0 Å². The molecule has 0 amide bonds. The molecule has 16 heavy (non-hydrogen) atoms. The maximum Gasteiger partial charge on any atom is 0.320 e. The Kier molecular flexibility index (Phi) is 6.77. The van der Waals surface area contributed by atoms with E-state index in [1.165, 1.54) is 14.2 Å². The van der Waals surface area contributed by atoms with Crippen molar-refractivity contribution in [1.82, 2.24) is 0 Å². The first kappa shape index (κ1) is 14.9. The number of methoxy groups -OCH3 is 2. The smallest absolute Gasteiger partial charge is 0.320 e. The summed E-state index contributed by atoms with van der Waals surface area (Å²) < 4.78 is 9.25. The zero-order valence-corrected chi connectivity index (χ0v) is 10.8. The van der Waals surface area contributed by atoms with Gasteiger partial charge in [0.2, 0.25) is 0 Å². The first-order valence-corrected chi connectivity index (χ1v) is 5.59. The second kappa shape index (κ2) is 7.25. The lowest BCUT2D eigenvalue weighted by Gasteiger charge is -2.20. The molecule has 0 saturated carbocycles. The van der Waals surface area contributed by atoms with E-state index in [0.29, 0.717) is 5.92 Å². The van der Waals surface area contributed by atoms with Crippen molar-refractivity contribution in [1.29, 1.82) is 0 Å². The van der Waals surface area contributed by atoms with Crippen molar-refractivity contribution in [2.45, 2.75) is 33.6 Å². The van der Waals surface area contributed by atoms with E-state index in [1.807, 2.05) is 6.92 Å². The summed E-state index contributed by atoms with van der Waals surface area (Å²) in [5.74, 6) is -1.32. The molecule has 0 N–H and O–H groups in total. The van der Waals surface area contributed by atoms with Crippen molar-refractivity contribution >= 4 is 11.9 Å². The van der Waals surface area contributed by atoms with Gasteiger partial charge in [0.15, 0.2) is 5.92 Å². The van der Waals surface area contributed by atoms with Crippen molar-refractivity contribution in [2.75, 3.05) is 14.2 Å². The Balaban J connectivity index is 4.50. The van der Waals surface area contributed by atoms with Crippen molar-refractivity contribution < 1.29 is 19.1 Å². The quantitative estimate of drug-likeness (QED) is 0.517. The van der Waals surface area contributed by atoms with Gasteiger partial charge in [0.1, 0.15) is 0 Å². The monoisotopic (exact) mass is 230 g/mol. The molecule has 94 valence electrons. The maximum absolute atomic E-state index is 11.5. The SMILES string of the molecule is COC(=O)C(C(=O)OC)[C@H](C)CCC(C)C. The lowest BCUT2D eigenvalue weighted by atomic mass is 9.88. The van der Waals surface area contributed by atoms with Crippen LogP contribution in [0, 0.1) is 17.8 Å². The minimum absolute atomic E-state index is 0.0534. The molecule has 0 saturated heterocycles. The highest BCUT2D eigenvalue weighted by Crippen LogP contribution is 2.22. The predicted molar refractivity (Wildman–Crippen MR) is 60.8 cm³/mol. The number of rotatable bonds is 6. The third-order valence-corrected chi connectivity index (χ3v) is 2.68. The number of hydrogen-bond acceptors (Lipinski definition) is 4. The molecule has 0 unspecified atom stereocenters. The van der Waals surface area contributed by atoms with Crippen molar-refractivity contribution in [3.05, 3.63) is 0 Å². The van der Waals surface area contributed by atoms with Crippen LogP contribution in [-0.2, 0) is 19.1 Å². The third-order valence-electron chi connectivity index (χ3n) is 2.68. The fourth-order valence-electron chi connectivity index (χ4n) is 1.58. The van der Waals surface area contributed by atoms with Gasteiger partial charge in [-0.2, -0.15) is 0 Å². The highest BCUT2D eigenvalue weighted by atomic mass is 16.5. The van der Waals surface area contributed by atoms with E-state index >= 15 is 0 Å². The number of carbonyl (C=O) groups excluding carboxylic acids is 2. The molecular formula is C12H22O4. The van der Waals surface area contributed by atoms with Gasteiger partial charge in [-0.1, -0.05) is 27.2 Å². The zero-order valence-electron chi connectivity index (χ0n) is 10.8. The third kappa shape index (κ3) is 4.64. The molecule has 0 rings (SSSR count). The average molecular weight is 230 g/mol. The fourth-order valence-corrected chi connectivity index (χ4v) is 1.58. The Bertz CT molecular complexity index is 219. The molecule has 4 heteroatoms. The highest BCUT2D eigenvalue weighted by molar-refractivity contribution is 5.95. The summed E-state index contributed by atoms with van der Waals surface area (Å²) in [5, 5.41) is 0. The van der Waals surface area contributed by atoms with Gasteiger partial charge in [-0.25, -0.2) is 0 Å². The first-order valence-electron chi connectivity index (χ1n) is 5.59. The average Bonchev–Trinajstić information content (AvgIpc) is 2.25. The minimum atomic E-state index is -0.797. The molecule has 0 spiro atoms. The van der Waals surface area contributed by atoms with E-state index in [4.69, 9.17) is 0 Å². The minimum Gasteiger partial charge on any atom is -0.468 e. The topological polar surface area (TPSA) is 52.6 Å². The van der Waals surface area contributed by atoms with E-state index in [9.17, 15) is 9.59 Å². The largest absolute Gasteiger partial charge is 0.468 e. The standard InChI is InChI=1S/C12H22O4/c1-8(2)6-7-9(3)10(11(13)15-4)12(14)16-5/h8-10H,6-7H2,1-5H3/t9-/m1/s1. The van der Waals surface area contributed by atoms with Crippen molar-refractivity contribution in [3.8, 4) is 0 Å². The Labute approximate surface area is 97.3 Å². The van der Waals surface area contributed by atoms with Gasteiger partial charge in [0, 0.05) is 0 Å². The molecule has 0 aliphatic rings. The molecule has 1 atom stereocenters. The van der Waals surface area contributed by atoms with Crippen LogP contribution >= 0.6 is 0 Å². The lowest BCUT2D eigenvalue weighted by molar-refractivity contribution is -0.161. The van der Waals surface area contributed by atoms with Crippen molar-refractivity contribution in [3.63, 3.8) is 0 Å².